The van der Waals surface area contributed by atoms with Gasteiger partial charge in [-0.15, -0.1) is 11.3 Å². The molecule has 0 N–H and O–H groups in total. The number of anilines is 3. The van der Waals surface area contributed by atoms with Crippen LogP contribution in [-0.4, -0.2) is 0 Å². The summed E-state index contributed by atoms with van der Waals surface area (Å²) in [7, 11) is 0. The van der Waals surface area contributed by atoms with Crippen LogP contribution in [0, 0.1) is 0 Å². The first-order valence-electron chi connectivity index (χ1n) is 17.1. The smallest absolute Gasteiger partial charge is 0.0468 e. The molecule has 0 atom stereocenters. The number of rotatable bonds is 5. The van der Waals surface area contributed by atoms with Gasteiger partial charge in [0.2, 0.25) is 0 Å². The SMILES string of the molecule is c1ccc2cc(N(c3ccc(-c4c(-c5cccc6ccccc56)ccc5ccccc45)cc3)c3ccc4sc5ccccc5c4c3)ccc2c1. The first-order valence-corrected chi connectivity index (χ1v) is 17.9. The summed E-state index contributed by atoms with van der Waals surface area (Å²) >= 11 is 1.86. The molecule has 1 aromatic heterocycles. The molecule has 50 heavy (non-hydrogen) atoms. The van der Waals surface area contributed by atoms with E-state index in [0.717, 1.165) is 17.1 Å². The summed E-state index contributed by atoms with van der Waals surface area (Å²) in [4.78, 5) is 2.40. The van der Waals surface area contributed by atoms with E-state index < -0.39 is 0 Å². The van der Waals surface area contributed by atoms with Gasteiger partial charge in [-0.05, 0) is 103 Å². The van der Waals surface area contributed by atoms with Crippen molar-refractivity contribution in [3.05, 3.63) is 188 Å². The summed E-state index contributed by atoms with van der Waals surface area (Å²) in [6, 6.07) is 68.9. The second-order valence-electron chi connectivity index (χ2n) is 12.9. The van der Waals surface area contributed by atoms with Crippen molar-refractivity contribution in [1.82, 2.24) is 0 Å². The van der Waals surface area contributed by atoms with Crippen molar-refractivity contribution in [2.24, 2.45) is 0 Å². The number of benzene rings is 9. The van der Waals surface area contributed by atoms with Crippen LogP contribution >= 0.6 is 11.3 Å². The fraction of sp³-hybridized carbons (Fsp3) is 0. The summed E-state index contributed by atoms with van der Waals surface area (Å²) in [6.07, 6.45) is 0. The summed E-state index contributed by atoms with van der Waals surface area (Å²) in [5.41, 5.74) is 8.36. The van der Waals surface area contributed by atoms with Crippen molar-refractivity contribution >= 4 is 80.9 Å². The Morgan fingerprint density at radius 2 is 0.900 bits per heavy atom. The van der Waals surface area contributed by atoms with Crippen molar-refractivity contribution in [3.8, 4) is 22.3 Å². The van der Waals surface area contributed by atoms with Crippen molar-refractivity contribution in [1.29, 1.82) is 0 Å². The Kier molecular flexibility index (Phi) is 6.75. The summed E-state index contributed by atoms with van der Waals surface area (Å²) in [6.45, 7) is 0. The quantitative estimate of drug-likeness (QED) is 0.179. The van der Waals surface area contributed by atoms with Crippen molar-refractivity contribution in [2.75, 3.05) is 4.90 Å². The van der Waals surface area contributed by atoms with Gasteiger partial charge >= 0.3 is 0 Å². The molecule has 0 saturated carbocycles. The van der Waals surface area contributed by atoms with E-state index in [9.17, 15) is 0 Å². The summed E-state index contributed by atoms with van der Waals surface area (Å²) in [5.74, 6) is 0. The lowest BCUT2D eigenvalue weighted by molar-refractivity contribution is 1.30. The maximum absolute atomic E-state index is 2.40. The molecule has 2 heteroatoms. The van der Waals surface area contributed by atoms with Crippen molar-refractivity contribution in [3.63, 3.8) is 0 Å². The molecule has 0 saturated heterocycles. The Morgan fingerprint density at radius 3 is 1.74 bits per heavy atom. The molecule has 0 bridgehead atoms. The van der Waals surface area contributed by atoms with Crippen LogP contribution in [-0.2, 0) is 0 Å². The van der Waals surface area contributed by atoms with Gasteiger partial charge in [-0.1, -0.05) is 140 Å². The molecule has 10 aromatic rings. The van der Waals surface area contributed by atoms with E-state index in [0.29, 0.717) is 0 Å². The van der Waals surface area contributed by atoms with Crippen LogP contribution in [0.5, 0.6) is 0 Å². The predicted octanol–water partition coefficient (Wildman–Crippen LogP) is 14.3. The Bertz CT molecular complexity index is 2870. The molecule has 0 aliphatic carbocycles. The molecular weight excluding hydrogens is 623 g/mol. The zero-order valence-corrected chi connectivity index (χ0v) is 28.1. The molecule has 0 radical (unpaired) electrons. The highest BCUT2D eigenvalue weighted by Crippen LogP contribution is 2.44. The van der Waals surface area contributed by atoms with E-state index in [4.69, 9.17) is 0 Å². The molecule has 9 aromatic carbocycles. The molecule has 0 spiro atoms. The monoisotopic (exact) mass is 653 g/mol. The number of fused-ring (bicyclic) bond motifs is 6. The molecular formula is C48H31NS. The minimum atomic E-state index is 1.12. The first-order chi connectivity index (χ1) is 24.8. The second-order valence-corrected chi connectivity index (χ2v) is 14.0. The second kappa shape index (κ2) is 11.7. The highest BCUT2D eigenvalue weighted by molar-refractivity contribution is 7.25. The normalized spacial score (nSPS) is 11.6. The van der Waals surface area contributed by atoms with Crippen LogP contribution in [0.1, 0.15) is 0 Å². The minimum absolute atomic E-state index is 1.12. The number of hydrogen-bond acceptors (Lipinski definition) is 2. The molecule has 0 aliphatic rings. The van der Waals surface area contributed by atoms with Crippen molar-refractivity contribution < 1.29 is 0 Å². The molecule has 10 rings (SSSR count). The largest absolute Gasteiger partial charge is 0.310 e. The average Bonchev–Trinajstić information content (AvgIpc) is 3.56. The molecule has 0 fully saturated rings. The lowest BCUT2D eigenvalue weighted by Crippen LogP contribution is -2.09. The van der Waals surface area contributed by atoms with Gasteiger partial charge in [-0.2, -0.15) is 0 Å². The Hall–Kier alpha value is -6.22. The predicted molar refractivity (Wildman–Crippen MR) is 217 cm³/mol. The Morgan fingerprint density at radius 1 is 0.320 bits per heavy atom. The van der Waals surface area contributed by atoms with E-state index in [-0.39, 0.29) is 0 Å². The number of thiophene rings is 1. The van der Waals surface area contributed by atoms with Gasteiger partial charge in [-0.25, -0.2) is 0 Å². The average molecular weight is 654 g/mol. The zero-order chi connectivity index (χ0) is 33.0. The third kappa shape index (κ3) is 4.76. The minimum Gasteiger partial charge on any atom is -0.310 e. The Balaban J connectivity index is 1.16. The fourth-order valence-corrected chi connectivity index (χ4v) is 8.75. The maximum Gasteiger partial charge on any atom is 0.0468 e. The Labute approximate surface area is 294 Å². The van der Waals surface area contributed by atoms with E-state index in [1.165, 1.54) is 74.7 Å². The van der Waals surface area contributed by atoms with Crippen LogP contribution in [0.3, 0.4) is 0 Å². The van der Waals surface area contributed by atoms with Gasteiger partial charge in [0.15, 0.2) is 0 Å². The fourth-order valence-electron chi connectivity index (χ4n) is 7.66. The van der Waals surface area contributed by atoms with Crippen LogP contribution in [0.25, 0.3) is 74.7 Å². The zero-order valence-electron chi connectivity index (χ0n) is 27.3. The van der Waals surface area contributed by atoms with E-state index in [1.54, 1.807) is 0 Å². The maximum atomic E-state index is 2.40. The van der Waals surface area contributed by atoms with E-state index in [1.807, 2.05) is 11.3 Å². The van der Waals surface area contributed by atoms with Gasteiger partial charge in [0.25, 0.3) is 0 Å². The number of nitrogens with zero attached hydrogens (tertiary/aromatic N) is 1. The third-order valence-corrected chi connectivity index (χ3v) is 11.2. The number of hydrogen-bond donors (Lipinski definition) is 0. The molecule has 234 valence electrons. The summed E-state index contributed by atoms with van der Waals surface area (Å²) < 4.78 is 2.62. The molecule has 0 amide bonds. The van der Waals surface area contributed by atoms with Gasteiger partial charge in [0, 0.05) is 37.2 Å². The van der Waals surface area contributed by atoms with Crippen LogP contribution in [0.15, 0.2) is 188 Å². The standard InChI is InChI=1S/C48H31NS/c1-2-13-36-30-38(26-20-32(36)10-1)49(39-27-29-47-45(31-39)43-17-7-8-19-46(43)50-47)37-24-21-35(22-25-37)48-41-16-6-4-12-34(41)23-28-44(48)42-18-9-14-33-11-3-5-15-40(33)42/h1-31H. The van der Waals surface area contributed by atoms with Gasteiger partial charge in [-0.3, -0.25) is 0 Å². The molecule has 0 unspecified atom stereocenters. The third-order valence-electron chi connectivity index (χ3n) is 10.0. The van der Waals surface area contributed by atoms with Gasteiger partial charge in [0.05, 0.1) is 0 Å². The van der Waals surface area contributed by atoms with Crippen LogP contribution < -0.4 is 4.90 Å². The van der Waals surface area contributed by atoms with Crippen molar-refractivity contribution in [2.45, 2.75) is 0 Å². The summed E-state index contributed by atoms with van der Waals surface area (Å²) in [5, 5.41) is 10.1. The molecule has 1 heterocycles. The highest BCUT2D eigenvalue weighted by Gasteiger charge is 2.18. The van der Waals surface area contributed by atoms with Gasteiger partial charge < -0.3 is 4.90 Å². The van der Waals surface area contributed by atoms with E-state index >= 15 is 0 Å². The van der Waals surface area contributed by atoms with Gasteiger partial charge in [0.1, 0.15) is 0 Å². The highest BCUT2D eigenvalue weighted by atomic mass is 32.1. The van der Waals surface area contributed by atoms with E-state index in [2.05, 4.69) is 193 Å². The van der Waals surface area contributed by atoms with Crippen LogP contribution in [0.4, 0.5) is 17.1 Å². The molecule has 1 nitrogen and oxygen atoms in total. The van der Waals surface area contributed by atoms with Crippen LogP contribution in [0.2, 0.25) is 0 Å². The molecule has 0 aliphatic heterocycles. The first kappa shape index (κ1) is 28.8. The topological polar surface area (TPSA) is 3.24 Å². The lowest BCUT2D eigenvalue weighted by atomic mass is 9.88. The lowest BCUT2D eigenvalue weighted by Gasteiger charge is -2.26.